The van der Waals surface area contributed by atoms with Gasteiger partial charge in [0.1, 0.15) is 11.5 Å². The van der Waals surface area contributed by atoms with Gasteiger partial charge in [0.05, 0.1) is 5.69 Å². The molecule has 0 aliphatic rings. The van der Waals surface area contributed by atoms with Crippen LogP contribution in [0.2, 0.25) is 0 Å². The van der Waals surface area contributed by atoms with Crippen LogP contribution in [-0.4, -0.2) is 12.5 Å². The summed E-state index contributed by atoms with van der Waals surface area (Å²) >= 11 is 0. The number of nitrogens with two attached hydrogens (primary N) is 1. The predicted octanol–water partition coefficient (Wildman–Crippen LogP) is 13.2. The number of hydrazone groups is 1. The smallest absolute Gasteiger partial charge is 0.193 e. The summed E-state index contributed by atoms with van der Waals surface area (Å²) in [5.74, 6) is 1.83. The van der Waals surface area contributed by atoms with Crippen LogP contribution in [0.1, 0.15) is 45.1 Å². The Bertz CT molecular complexity index is 2170. The third kappa shape index (κ3) is 14.1. The topological polar surface area (TPSA) is 67.9 Å². The highest BCUT2D eigenvalue weighted by atomic mass is 16.5. The average Bonchev–Trinajstić information content (AvgIpc) is 3.23. The summed E-state index contributed by atoms with van der Waals surface area (Å²) in [6.45, 7) is 13.7. The number of rotatable bonds is 8. The zero-order valence-electron chi connectivity index (χ0n) is 33.0. The summed E-state index contributed by atoms with van der Waals surface area (Å²) < 4.78 is 5.63. The lowest BCUT2D eigenvalue weighted by atomic mass is 10.0. The Hall–Kier alpha value is -6.98. The van der Waals surface area contributed by atoms with Gasteiger partial charge >= 0.3 is 0 Å². The first-order valence-corrected chi connectivity index (χ1v) is 18.5. The molecule has 0 amide bonds. The number of benzene rings is 7. The number of ether oxygens (including phenoxy) is 1. The lowest BCUT2D eigenvalue weighted by molar-refractivity contribution is 0.103. The lowest BCUT2D eigenvalue weighted by Crippen LogP contribution is -2.05. The number of hydrogen-bond donors (Lipinski definition) is 1. The normalized spacial score (nSPS) is 10.0. The zero-order chi connectivity index (χ0) is 40.1. The zero-order valence-corrected chi connectivity index (χ0v) is 33.0. The van der Waals surface area contributed by atoms with E-state index < -0.39 is 0 Å². The van der Waals surface area contributed by atoms with E-state index in [1.54, 1.807) is 5.01 Å². The van der Waals surface area contributed by atoms with Crippen molar-refractivity contribution in [1.82, 2.24) is 0 Å². The fraction of sp³-hybridized carbons (Fsp3) is 0.0980. The third-order valence-corrected chi connectivity index (χ3v) is 8.39. The van der Waals surface area contributed by atoms with Crippen LogP contribution >= 0.6 is 0 Å². The van der Waals surface area contributed by atoms with Crippen LogP contribution in [-0.2, 0) is 0 Å². The van der Waals surface area contributed by atoms with Crippen LogP contribution in [0.25, 0.3) is 11.1 Å². The van der Waals surface area contributed by atoms with Crippen molar-refractivity contribution in [3.63, 3.8) is 0 Å². The Labute approximate surface area is 333 Å². The Morgan fingerprint density at radius 1 is 0.536 bits per heavy atom. The van der Waals surface area contributed by atoms with Crippen LogP contribution in [0, 0.1) is 27.7 Å². The fourth-order valence-electron chi connectivity index (χ4n) is 5.17. The molecule has 0 bridgehead atoms. The molecular weight excluding hydrogens is 687 g/mol. The van der Waals surface area contributed by atoms with Crippen molar-refractivity contribution in [3.8, 4) is 22.6 Å². The molecule has 56 heavy (non-hydrogen) atoms. The van der Waals surface area contributed by atoms with Gasteiger partial charge in [-0.15, -0.1) is 0 Å². The second-order valence-corrected chi connectivity index (χ2v) is 13.1. The van der Waals surface area contributed by atoms with Crippen molar-refractivity contribution in [1.29, 1.82) is 0 Å². The van der Waals surface area contributed by atoms with E-state index in [0.717, 1.165) is 34.0 Å². The number of hydrogen-bond acceptors (Lipinski definition) is 5. The number of para-hydroxylation sites is 1. The molecule has 7 rings (SSSR count). The Balaban J connectivity index is 0.000000166. The first-order valence-electron chi connectivity index (χ1n) is 18.5. The molecule has 0 aromatic heterocycles. The molecule has 0 saturated heterocycles. The van der Waals surface area contributed by atoms with Gasteiger partial charge in [0.25, 0.3) is 0 Å². The van der Waals surface area contributed by atoms with Gasteiger partial charge < -0.3 is 10.5 Å². The largest absolute Gasteiger partial charge is 0.457 e. The number of anilines is 2. The minimum atomic E-state index is 0.0793. The molecular formula is C51H51N3O2. The number of allylic oxidation sites excluding steroid dienone is 1. The number of carbonyl (C=O) groups excluding carboxylic acids is 1. The summed E-state index contributed by atoms with van der Waals surface area (Å²) in [6.07, 6.45) is 3.80. The molecule has 0 aliphatic carbocycles. The first-order chi connectivity index (χ1) is 27.1. The summed E-state index contributed by atoms with van der Waals surface area (Å²) in [5.41, 5.74) is 16.3. The van der Waals surface area contributed by atoms with Gasteiger partial charge in [-0.1, -0.05) is 162 Å². The molecule has 0 atom stereocenters. The fourth-order valence-corrected chi connectivity index (χ4v) is 5.17. The summed E-state index contributed by atoms with van der Waals surface area (Å²) in [5, 5.41) is 5.61. The van der Waals surface area contributed by atoms with E-state index in [1.165, 1.54) is 33.4 Å². The van der Waals surface area contributed by atoms with E-state index in [2.05, 4.69) is 69.0 Å². The third-order valence-electron chi connectivity index (χ3n) is 8.39. The maximum absolute atomic E-state index is 12.0. The highest BCUT2D eigenvalue weighted by molar-refractivity contribution is 6.08. The number of ketones is 1. The molecule has 7 aromatic carbocycles. The van der Waals surface area contributed by atoms with Crippen molar-refractivity contribution in [2.75, 3.05) is 10.7 Å². The molecule has 0 aliphatic heterocycles. The Morgan fingerprint density at radius 3 is 1.41 bits per heavy atom. The van der Waals surface area contributed by atoms with Crippen molar-refractivity contribution in [3.05, 3.63) is 228 Å². The maximum Gasteiger partial charge on any atom is 0.193 e. The van der Waals surface area contributed by atoms with Crippen molar-refractivity contribution in [2.45, 2.75) is 34.6 Å². The molecule has 0 radical (unpaired) electrons. The summed E-state index contributed by atoms with van der Waals surface area (Å²) in [4.78, 5) is 12.0. The van der Waals surface area contributed by atoms with E-state index in [-0.39, 0.29) is 5.78 Å². The average molecular weight is 738 g/mol. The van der Waals surface area contributed by atoms with Crippen LogP contribution in [0.5, 0.6) is 11.5 Å². The number of nitrogens with zero attached hydrogens (tertiary/aromatic N) is 2. The van der Waals surface area contributed by atoms with Crippen molar-refractivity contribution >= 4 is 23.9 Å². The molecule has 5 heteroatoms. The van der Waals surface area contributed by atoms with Crippen molar-refractivity contribution < 1.29 is 9.53 Å². The van der Waals surface area contributed by atoms with Crippen LogP contribution in [0.4, 0.5) is 11.4 Å². The highest BCUT2D eigenvalue weighted by Crippen LogP contribution is 2.22. The van der Waals surface area contributed by atoms with Crippen molar-refractivity contribution in [2.24, 2.45) is 5.10 Å². The number of aryl methyl sites for hydroxylation is 4. The number of nitrogen functional groups attached to an aromatic ring is 1. The van der Waals surface area contributed by atoms with E-state index in [4.69, 9.17) is 10.5 Å². The van der Waals surface area contributed by atoms with Gasteiger partial charge in [-0.3, -0.25) is 4.79 Å². The minimum Gasteiger partial charge on any atom is -0.457 e. The van der Waals surface area contributed by atoms with Gasteiger partial charge in [-0.05, 0) is 94.3 Å². The lowest BCUT2D eigenvalue weighted by Gasteiger charge is -2.12. The molecule has 0 saturated carbocycles. The van der Waals surface area contributed by atoms with Crippen LogP contribution < -0.4 is 15.5 Å². The van der Waals surface area contributed by atoms with E-state index in [9.17, 15) is 4.79 Å². The molecule has 5 nitrogen and oxygen atoms in total. The maximum atomic E-state index is 12.0. The van der Waals surface area contributed by atoms with Crippen LogP contribution in [0.3, 0.4) is 0 Å². The monoisotopic (exact) mass is 737 g/mol. The van der Waals surface area contributed by atoms with Gasteiger partial charge in [0, 0.05) is 29.7 Å². The molecule has 0 spiro atoms. The highest BCUT2D eigenvalue weighted by Gasteiger charge is 2.07. The van der Waals surface area contributed by atoms with Gasteiger partial charge in [-0.25, -0.2) is 5.01 Å². The molecule has 0 heterocycles. The summed E-state index contributed by atoms with van der Waals surface area (Å²) in [6, 6.07) is 59.3. The Morgan fingerprint density at radius 2 is 0.929 bits per heavy atom. The Kier molecular flexibility index (Phi) is 16.6. The molecule has 0 fully saturated rings. The van der Waals surface area contributed by atoms with E-state index in [1.807, 2.05) is 172 Å². The summed E-state index contributed by atoms with van der Waals surface area (Å²) in [7, 11) is 0. The molecule has 0 unspecified atom stereocenters. The van der Waals surface area contributed by atoms with Crippen LogP contribution in [0.15, 0.2) is 199 Å². The second-order valence-electron chi connectivity index (χ2n) is 13.1. The molecule has 2 N–H and O–H groups in total. The SMILES string of the molecule is C=NN(/C=C\C)c1ccc(C)cc1.Cc1ccc(-c2ccc(N)cc2)cc1.Cc1ccc(C(=O)c2ccccc2)cc1.Cc1ccc(Oc2ccccc2)cc1. The van der Waals surface area contributed by atoms with E-state index in [0.29, 0.717) is 0 Å². The van der Waals surface area contributed by atoms with Gasteiger partial charge in [0.15, 0.2) is 5.78 Å². The first kappa shape index (κ1) is 41.8. The molecule has 7 aromatic rings. The predicted molar refractivity (Wildman–Crippen MR) is 238 cm³/mol. The quantitative estimate of drug-likeness (QED) is 0.0730. The van der Waals surface area contributed by atoms with E-state index >= 15 is 0 Å². The number of carbonyl (C=O) groups is 1. The minimum absolute atomic E-state index is 0.0793. The van der Waals surface area contributed by atoms with Gasteiger partial charge in [-0.2, -0.15) is 5.10 Å². The second kappa shape index (κ2) is 22.3. The molecule has 282 valence electrons. The van der Waals surface area contributed by atoms with Gasteiger partial charge in [0.2, 0.25) is 0 Å². The standard InChI is InChI=1S/C14H12O.C13H13N.C13H12O.C11H14N2/c1-11-7-9-13(10-8-11)14(15)12-5-3-2-4-6-12;1-10-2-4-11(5-3-10)12-6-8-13(14)9-7-12;1-11-7-9-13(10-8-11)14-12-5-3-2-4-6-12;1-4-9-13(12-3)11-7-5-10(2)6-8-11/h2-10H,1H3;2-9H,14H2,1H3;2-10H,1H3;4-9H,3H2,1-2H3/b;;;9-4-.